The van der Waals surface area contributed by atoms with Crippen LogP contribution in [0.25, 0.3) is 0 Å². The van der Waals surface area contributed by atoms with E-state index in [0.717, 1.165) is 38.2 Å². The summed E-state index contributed by atoms with van der Waals surface area (Å²) < 4.78 is 11.2. The van der Waals surface area contributed by atoms with Gasteiger partial charge in [-0.25, -0.2) is 0 Å². The Kier molecular flexibility index (Phi) is 4.51. The Hall–Kier alpha value is -1.02. The summed E-state index contributed by atoms with van der Waals surface area (Å²) in [5.41, 5.74) is 2.90. The summed E-state index contributed by atoms with van der Waals surface area (Å²) in [5, 5.41) is 0. The van der Waals surface area contributed by atoms with Crippen molar-refractivity contribution in [3.63, 3.8) is 0 Å². The van der Waals surface area contributed by atoms with E-state index in [2.05, 4.69) is 45.9 Å². The van der Waals surface area contributed by atoms with Gasteiger partial charge in [0.05, 0.1) is 19.3 Å². The molecule has 19 heavy (non-hydrogen) atoms. The van der Waals surface area contributed by atoms with E-state index in [9.17, 15) is 0 Å². The molecule has 1 fully saturated rings. The Morgan fingerprint density at radius 3 is 2.63 bits per heavy atom. The van der Waals surface area contributed by atoms with Crippen LogP contribution in [0.15, 0.2) is 18.2 Å². The van der Waals surface area contributed by atoms with Crippen LogP contribution in [0.4, 0.5) is 0 Å². The van der Waals surface area contributed by atoms with Gasteiger partial charge in [0.2, 0.25) is 0 Å². The molecule has 0 saturated carbocycles. The summed E-state index contributed by atoms with van der Waals surface area (Å²) in [5.74, 6) is 1.05. The van der Waals surface area contributed by atoms with Gasteiger partial charge in [0.25, 0.3) is 0 Å². The van der Waals surface area contributed by atoms with Crippen LogP contribution in [0, 0.1) is 0 Å². The standard InChI is InChI=1S/C17H26O2/c1-5-10-18-16-9-7-14(17(2,3)4)11-13(16)6-8-15-12-19-15/h7,9,11,15H,5-6,8,10,12H2,1-4H3. The lowest BCUT2D eigenvalue weighted by molar-refractivity contribution is 0.313. The highest BCUT2D eigenvalue weighted by Gasteiger charge is 2.23. The van der Waals surface area contributed by atoms with Crippen molar-refractivity contribution < 1.29 is 9.47 Å². The molecular formula is C17H26O2. The summed E-state index contributed by atoms with van der Waals surface area (Å²) in [7, 11) is 0. The SMILES string of the molecule is CCCOc1ccc(C(C)(C)C)cc1CCC1CO1. The van der Waals surface area contributed by atoms with Gasteiger partial charge >= 0.3 is 0 Å². The highest BCUT2D eigenvalue weighted by Crippen LogP contribution is 2.30. The summed E-state index contributed by atoms with van der Waals surface area (Å²) in [4.78, 5) is 0. The Bertz CT molecular complexity index is 414. The Balaban J connectivity index is 2.15. The third kappa shape index (κ3) is 4.24. The van der Waals surface area contributed by atoms with Crippen molar-refractivity contribution >= 4 is 0 Å². The molecule has 106 valence electrons. The number of epoxide rings is 1. The number of rotatable bonds is 6. The van der Waals surface area contributed by atoms with Crippen LogP contribution >= 0.6 is 0 Å². The van der Waals surface area contributed by atoms with Gasteiger partial charge in [0.1, 0.15) is 5.75 Å². The van der Waals surface area contributed by atoms with Crippen molar-refractivity contribution in [2.75, 3.05) is 13.2 Å². The molecule has 1 atom stereocenters. The van der Waals surface area contributed by atoms with E-state index in [0.29, 0.717) is 6.10 Å². The van der Waals surface area contributed by atoms with Gasteiger partial charge in [0, 0.05) is 0 Å². The zero-order valence-electron chi connectivity index (χ0n) is 12.7. The van der Waals surface area contributed by atoms with E-state index in [1.54, 1.807) is 0 Å². The maximum Gasteiger partial charge on any atom is 0.122 e. The first-order valence-electron chi connectivity index (χ1n) is 7.38. The molecule has 0 amide bonds. The van der Waals surface area contributed by atoms with Gasteiger partial charge in [0.15, 0.2) is 0 Å². The molecule has 0 aliphatic carbocycles. The van der Waals surface area contributed by atoms with Crippen LogP contribution in [0.3, 0.4) is 0 Å². The summed E-state index contributed by atoms with van der Waals surface area (Å²) in [6.07, 6.45) is 3.69. The summed E-state index contributed by atoms with van der Waals surface area (Å²) in [6, 6.07) is 6.65. The van der Waals surface area contributed by atoms with Crippen molar-refractivity contribution in [2.24, 2.45) is 0 Å². The van der Waals surface area contributed by atoms with E-state index in [4.69, 9.17) is 9.47 Å². The minimum absolute atomic E-state index is 0.189. The fourth-order valence-corrected chi connectivity index (χ4v) is 2.15. The fourth-order valence-electron chi connectivity index (χ4n) is 2.15. The Labute approximate surface area is 117 Å². The first kappa shape index (κ1) is 14.4. The molecule has 1 aromatic carbocycles. The van der Waals surface area contributed by atoms with E-state index in [1.165, 1.54) is 11.1 Å². The summed E-state index contributed by atoms with van der Waals surface area (Å²) >= 11 is 0. The number of hydrogen-bond acceptors (Lipinski definition) is 2. The molecule has 0 aromatic heterocycles. The first-order chi connectivity index (χ1) is 9.00. The smallest absolute Gasteiger partial charge is 0.122 e. The maximum atomic E-state index is 5.87. The second-order valence-electron chi connectivity index (χ2n) is 6.41. The first-order valence-corrected chi connectivity index (χ1v) is 7.38. The van der Waals surface area contributed by atoms with Crippen LogP contribution in [0.5, 0.6) is 5.75 Å². The molecule has 0 spiro atoms. The molecular weight excluding hydrogens is 236 g/mol. The van der Waals surface area contributed by atoms with Crippen molar-refractivity contribution in [1.82, 2.24) is 0 Å². The molecule has 1 aliphatic heterocycles. The van der Waals surface area contributed by atoms with Gasteiger partial charge in [-0.15, -0.1) is 0 Å². The van der Waals surface area contributed by atoms with Crippen LogP contribution < -0.4 is 4.74 Å². The van der Waals surface area contributed by atoms with Crippen LogP contribution in [-0.4, -0.2) is 19.3 Å². The number of hydrogen-bond donors (Lipinski definition) is 0. The maximum absolute atomic E-state index is 5.87. The van der Waals surface area contributed by atoms with E-state index in [-0.39, 0.29) is 5.41 Å². The van der Waals surface area contributed by atoms with Crippen molar-refractivity contribution in [2.45, 2.75) is 58.5 Å². The van der Waals surface area contributed by atoms with Gasteiger partial charge in [-0.05, 0) is 41.9 Å². The Morgan fingerprint density at radius 1 is 1.32 bits per heavy atom. The lowest BCUT2D eigenvalue weighted by Crippen LogP contribution is -2.12. The van der Waals surface area contributed by atoms with Crippen molar-refractivity contribution in [3.05, 3.63) is 29.3 Å². The van der Waals surface area contributed by atoms with E-state index < -0.39 is 0 Å². The van der Waals surface area contributed by atoms with E-state index >= 15 is 0 Å². The van der Waals surface area contributed by atoms with Crippen molar-refractivity contribution in [1.29, 1.82) is 0 Å². The highest BCUT2D eigenvalue weighted by atomic mass is 16.6. The van der Waals surface area contributed by atoms with Gasteiger partial charge in [-0.1, -0.05) is 39.8 Å². The van der Waals surface area contributed by atoms with Gasteiger partial charge < -0.3 is 9.47 Å². The fraction of sp³-hybridized carbons (Fsp3) is 0.647. The topological polar surface area (TPSA) is 21.8 Å². The molecule has 1 unspecified atom stereocenters. The minimum Gasteiger partial charge on any atom is -0.493 e. The lowest BCUT2D eigenvalue weighted by atomic mass is 9.85. The zero-order chi connectivity index (χ0) is 13.9. The zero-order valence-corrected chi connectivity index (χ0v) is 12.7. The molecule has 2 rings (SSSR count). The lowest BCUT2D eigenvalue weighted by Gasteiger charge is -2.21. The van der Waals surface area contributed by atoms with Crippen molar-refractivity contribution in [3.8, 4) is 5.75 Å². The average Bonchev–Trinajstić information content (AvgIpc) is 3.17. The molecule has 0 N–H and O–H groups in total. The Morgan fingerprint density at radius 2 is 2.05 bits per heavy atom. The highest BCUT2D eigenvalue weighted by molar-refractivity contribution is 5.40. The van der Waals surface area contributed by atoms with Gasteiger partial charge in [-0.3, -0.25) is 0 Å². The number of ether oxygens (including phenoxy) is 2. The summed E-state index contributed by atoms with van der Waals surface area (Å²) in [6.45, 7) is 10.6. The normalized spacial score (nSPS) is 18.4. The average molecular weight is 262 g/mol. The number of benzene rings is 1. The van der Waals surface area contributed by atoms with Gasteiger partial charge in [-0.2, -0.15) is 0 Å². The monoisotopic (exact) mass is 262 g/mol. The van der Waals surface area contributed by atoms with Crippen LogP contribution in [0.2, 0.25) is 0 Å². The molecule has 0 radical (unpaired) electrons. The minimum atomic E-state index is 0.189. The van der Waals surface area contributed by atoms with E-state index in [1.807, 2.05) is 0 Å². The third-order valence-corrected chi connectivity index (χ3v) is 3.53. The second kappa shape index (κ2) is 5.96. The molecule has 2 heteroatoms. The third-order valence-electron chi connectivity index (χ3n) is 3.53. The molecule has 1 aliphatic rings. The van der Waals surface area contributed by atoms with Crippen LogP contribution in [0.1, 0.15) is 51.7 Å². The molecule has 2 nitrogen and oxygen atoms in total. The quantitative estimate of drug-likeness (QED) is 0.720. The molecule has 1 saturated heterocycles. The molecule has 1 aromatic rings. The second-order valence-corrected chi connectivity index (χ2v) is 6.41. The predicted octanol–water partition coefficient (Wildman–Crippen LogP) is 4.10. The largest absolute Gasteiger partial charge is 0.493 e. The molecule has 0 bridgehead atoms. The predicted molar refractivity (Wildman–Crippen MR) is 79.0 cm³/mol. The molecule has 1 heterocycles. The number of aryl methyl sites for hydroxylation is 1. The van der Waals surface area contributed by atoms with Crippen LogP contribution in [-0.2, 0) is 16.6 Å².